The number of rotatable bonds is 7. The van der Waals surface area contributed by atoms with E-state index in [2.05, 4.69) is 4.74 Å². The molecule has 0 saturated carbocycles. The number of nitriles is 1. The van der Waals surface area contributed by atoms with E-state index in [-0.39, 0.29) is 47.6 Å². The molecule has 0 radical (unpaired) electrons. The highest BCUT2D eigenvalue weighted by Crippen LogP contribution is 2.21. The van der Waals surface area contributed by atoms with Crippen molar-refractivity contribution in [1.29, 1.82) is 5.26 Å². The quantitative estimate of drug-likeness (QED) is 0.480. The Morgan fingerprint density at radius 3 is 2.52 bits per heavy atom. The number of esters is 1. The Morgan fingerprint density at radius 2 is 1.89 bits per heavy atom. The maximum atomic E-state index is 12.8. The standard InChI is InChI=1S/C17H21N3O5S2/c1-25-17(22)13-26-11-6-16(21)19-7-9-20(10-8-19)27(23,24)15-5-3-2-4-14(15)12-18/h2-5H,6-11,13H2,1H3. The van der Waals surface area contributed by atoms with Crippen molar-refractivity contribution in [3.8, 4) is 6.07 Å². The number of amides is 1. The number of ether oxygens (including phenoxy) is 1. The first-order valence-electron chi connectivity index (χ1n) is 8.31. The summed E-state index contributed by atoms with van der Waals surface area (Å²) in [6.45, 7) is 0.967. The van der Waals surface area contributed by atoms with Gasteiger partial charge in [-0.3, -0.25) is 9.59 Å². The lowest BCUT2D eigenvalue weighted by Crippen LogP contribution is -2.50. The average molecular weight is 412 g/mol. The summed E-state index contributed by atoms with van der Waals surface area (Å²) < 4.78 is 31.4. The van der Waals surface area contributed by atoms with Gasteiger partial charge in [0.05, 0.1) is 23.3 Å². The van der Waals surface area contributed by atoms with Crippen LogP contribution in [0.1, 0.15) is 12.0 Å². The summed E-state index contributed by atoms with van der Waals surface area (Å²) in [5.74, 6) is 0.307. The van der Waals surface area contributed by atoms with Crippen LogP contribution in [0.5, 0.6) is 0 Å². The summed E-state index contributed by atoms with van der Waals surface area (Å²) in [4.78, 5) is 24.9. The highest BCUT2D eigenvalue weighted by Gasteiger charge is 2.31. The molecule has 1 amide bonds. The van der Waals surface area contributed by atoms with Crippen LogP contribution in [0.25, 0.3) is 0 Å². The lowest BCUT2D eigenvalue weighted by atomic mass is 10.2. The van der Waals surface area contributed by atoms with Gasteiger partial charge in [-0.05, 0) is 12.1 Å². The number of carbonyl (C=O) groups excluding carboxylic acids is 2. The van der Waals surface area contributed by atoms with Crippen molar-refractivity contribution in [1.82, 2.24) is 9.21 Å². The number of methoxy groups -OCH3 is 1. The topological polar surface area (TPSA) is 108 Å². The molecule has 0 aromatic heterocycles. The fourth-order valence-corrected chi connectivity index (χ4v) is 4.95. The van der Waals surface area contributed by atoms with Gasteiger partial charge in [0, 0.05) is 38.4 Å². The Hall–Kier alpha value is -2.09. The first kappa shape index (κ1) is 21.2. The minimum Gasteiger partial charge on any atom is -0.468 e. The van der Waals surface area contributed by atoms with E-state index in [4.69, 9.17) is 5.26 Å². The van der Waals surface area contributed by atoms with Gasteiger partial charge in [0.1, 0.15) is 6.07 Å². The molecule has 146 valence electrons. The number of sulfonamides is 1. The van der Waals surface area contributed by atoms with Crippen LogP contribution in [0.3, 0.4) is 0 Å². The molecule has 0 spiro atoms. The smallest absolute Gasteiger partial charge is 0.315 e. The Bertz CT molecular complexity index is 827. The lowest BCUT2D eigenvalue weighted by Gasteiger charge is -2.34. The summed E-state index contributed by atoms with van der Waals surface area (Å²) in [5.41, 5.74) is 0.110. The maximum absolute atomic E-state index is 12.8. The van der Waals surface area contributed by atoms with Crippen molar-refractivity contribution in [2.45, 2.75) is 11.3 Å². The molecule has 1 aliphatic rings. The summed E-state index contributed by atoms with van der Waals surface area (Å²) in [7, 11) is -2.45. The number of hydrogen-bond donors (Lipinski definition) is 0. The number of thioether (sulfide) groups is 1. The molecule has 1 heterocycles. The molecule has 1 fully saturated rings. The summed E-state index contributed by atoms with van der Waals surface area (Å²) in [6, 6.07) is 7.99. The number of carbonyl (C=O) groups is 2. The highest BCUT2D eigenvalue weighted by molar-refractivity contribution is 7.99. The Morgan fingerprint density at radius 1 is 1.22 bits per heavy atom. The predicted octanol–water partition coefficient (Wildman–Crippen LogP) is 0.687. The highest BCUT2D eigenvalue weighted by atomic mass is 32.2. The SMILES string of the molecule is COC(=O)CSCCC(=O)N1CCN(S(=O)(=O)c2ccccc2C#N)CC1. The first-order chi connectivity index (χ1) is 12.9. The molecule has 27 heavy (non-hydrogen) atoms. The lowest BCUT2D eigenvalue weighted by molar-refractivity contribution is -0.137. The van der Waals surface area contributed by atoms with E-state index in [9.17, 15) is 18.0 Å². The third kappa shape index (κ3) is 5.45. The van der Waals surface area contributed by atoms with E-state index < -0.39 is 10.0 Å². The fraction of sp³-hybridized carbons (Fsp3) is 0.471. The van der Waals surface area contributed by atoms with Crippen LogP contribution in [0, 0.1) is 11.3 Å². The van der Waals surface area contributed by atoms with Crippen LogP contribution in [-0.2, 0) is 24.3 Å². The number of piperazine rings is 1. The fourth-order valence-electron chi connectivity index (χ4n) is 2.63. The van der Waals surface area contributed by atoms with E-state index in [1.54, 1.807) is 17.0 Å². The monoisotopic (exact) mass is 411 g/mol. The van der Waals surface area contributed by atoms with Gasteiger partial charge in [0.25, 0.3) is 0 Å². The Kier molecular flexibility index (Phi) is 7.65. The largest absolute Gasteiger partial charge is 0.468 e. The second kappa shape index (κ2) is 9.73. The molecule has 2 rings (SSSR count). The van der Waals surface area contributed by atoms with Crippen molar-refractivity contribution in [2.75, 3.05) is 44.8 Å². The predicted molar refractivity (Wildman–Crippen MR) is 100 cm³/mol. The molecule has 1 saturated heterocycles. The van der Waals surface area contributed by atoms with Gasteiger partial charge in [-0.15, -0.1) is 11.8 Å². The van der Waals surface area contributed by atoms with Crippen LogP contribution >= 0.6 is 11.8 Å². The van der Waals surface area contributed by atoms with Crippen LogP contribution < -0.4 is 0 Å². The molecular formula is C17H21N3O5S2. The number of benzene rings is 1. The second-order valence-corrected chi connectivity index (χ2v) is 8.78. The zero-order valence-electron chi connectivity index (χ0n) is 15.0. The van der Waals surface area contributed by atoms with Crippen LogP contribution in [0.2, 0.25) is 0 Å². The summed E-state index contributed by atoms with van der Waals surface area (Å²) >= 11 is 1.33. The molecule has 8 nitrogen and oxygen atoms in total. The molecule has 0 aliphatic carbocycles. The van der Waals surface area contributed by atoms with E-state index >= 15 is 0 Å². The van der Waals surface area contributed by atoms with Crippen LogP contribution in [0.15, 0.2) is 29.2 Å². The van der Waals surface area contributed by atoms with Gasteiger partial charge in [-0.1, -0.05) is 12.1 Å². The van der Waals surface area contributed by atoms with Gasteiger partial charge in [-0.2, -0.15) is 9.57 Å². The summed E-state index contributed by atoms with van der Waals surface area (Å²) in [6.07, 6.45) is 0.283. The van der Waals surface area contributed by atoms with Crippen LogP contribution in [0.4, 0.5) is 0 Å². The first-order valence-corrected chi connectivity index (χ1v) is 10.9. The molecule has 0 atom stereocenters. The van der Waals surface area contributed by atoms with Gasteiger partial charge in [-0.25, -0.2) is 8.42 Å². The number of nitrogens with zero attached hydrogens (tertiary/aromatic N) is 3. The summed E-state index contributed by atoms with van der Waals surface area (Å²) in [5, 5.41) is 9.13. The van der Waals surface area contributed by atoms with Crippen molar-refractivity contribution in [3.05, 3.63) is 29.8 Å². The van der Waals surface area contributed by atoms with E-state index in [1.165, 1.54) is 35.3 Å². The van der Waals surface area contributed by atoms with E-state index in [1.807, 2.05) is 6.07 Å². The minimum absolute atomic E-state index is 0.00788. The molecule has 10 heteroatoms. The zero-order valence-corrected chi connectivity index (χ0v) is 16.6. The maximum Gasteiger partial charge on any atom is 0.315 e. The van der Waals surface area contributed by atoms with Crippen molar-refractivity contribution in [3.63, 3.8) is 0 Å². The molecule has 1 aromatic rings. The third-order valence-electron chi connectivity index (χ3n) is 4.12. The zero-order chi connectivity index (χ0) is 19.9. The van der Waals surface area contributed by atoms with Gasteiger partial charge in [0.15, 0.2) is 0 Å². The molecular weight excluding hydrogens is 390 g/mol. The minimum atomic E-state index is -3.77. The van der Waals surface area contributed by atoms with Crippen molar-refractivity contribution in [2.24, 2.45) is 0 Å². The second-order valence-electron chi connectivity index (χ2n) is 5.77. The van der Waals surface area contributed by atoms with E-state index in [0.29, 0.717) is 18.8 Å². The average Bonchev–Trinajstić information content (AvgIpc) is 2.70. The normalized spacial score (nSPS) is 15.2. The Labute approximate surface area is 163 Å². The molecule has 1 aliphatic heterocycles. The number of hydrogen-bond acceptors (Lipinski definition) is 7. The molecule has 0 bridgehead atoms. The van der Waals surface area contributed by atoms with Gasteiger partial charge < -0.3 is 9.64 Å². The van der Waals surface area contributed by atoms with Gasteiger partial charge in [0.2, 0.25) is 15.9 Å². The molecule has 0 unspecified atom stereocenters. The molecule has 0 N–H and O–H groups in total. The van der Waals surface area contributed by atoms with Crippen molar-refractivity contribution < 1.29 is 22.7 Å². The third-order valence-corrected chi connectivity index (χ3v) is 7.01. The Balaban J connectivity index is 1.88. The van der Waals surface area contributed by atoms with E-state index in [0.717, 1.165) is 0 Å². The van der Waals surface area contributed by atoms with Crippen LogP contribution in [-0.4, -0.2) is 74.3 Å². The molecule has 1 aromatic carbocycles. The van der Waals surface area contributed by atoms with Crippen molar-refractivity contribution >= 4 is 33.7 Å². The van der Waals surface area contributed by atoms with Gasteiger partial charge >= 0.3 is 5.97 Å².